The van der Waals surface area contributed by atoms with Gasteiger partial charge in [-0.05, 0) is 7.05 Å². The molecule has 13 heavy (non-hydrogen) atoms. The maximum Gasteiger partial charge on any atom is 0.553 e. The van der Waals surface area contributed by atoms with Crippen LogP contribution in [0.1, 0.15) is 0 Å². The van der Waals surface area contributed by atoms with Crippen molar-refractivity contribution in [3.05, 3.63) is 0 Å². The van der Waals surface area contributed by atoms with Gasteiger partial charge in [0.15, 0.2) is 0 Å². The van der Waals surface area contributed by atoms with Crippen molar-refractivity contribution in [1.82, 2.24) is 15.7 Å². The second-order valence-corrected chi connectivity index (χ2v) is 2.45. The molecule has 0 aromatic heterocycles. The van der Waals surface area contributed by atoms with E-state index in [9.17, 15) is 9.11 Å². The predicted octanol–water partition coefficient (Wildman–Crippen LogP) is -1.31. The number of hydrogen-bond donors (Lipinski definition) is 2. The molecule has 0 aromatic carbocycles. The molecule has 0 aliphatic carbocycles. The molecule has 0 unspecified atom stereocenters. The van der Waals surface area contributed by atoms with E-state index in [1.54, 1.807) is 14.1 Å². The Hall–Kier alpha value is -0.655. The van der Waals surface area contributed by atoms with Crippen LogP contribution >= 0.6 is 0 Å². The van der Waals surface area contributed by atoms with Crippen LogP contribution in [-0.2, 0) is 9.55 Å². The van der Waals surface area contributed by atoms with Gasteiger partial charge in [-0.3, -0.25) is 9.11 Å². The third-order valence-electron chi connectivity index (χ3n) is 1.47. The fourth-order valence-electron chi connectivity index (χ4n) is 0.674. The number of nitrogens with zero attached hydrogens (tertiary/aromatic N) is 1. The fraction of sp³-hybridized carbons (Fsp3) is 0.833. The van der Waals surface area contributed by atoms with Crippen LogP contribution in [0.15, 0.2) is 0 Å². The van der Waals surface area contributed by atoms with E-state index < -0.39 is 0 Å². The Morgan fingerprint density at radius 3 is 2.92 bits per heavy atom. The molecule has 0 aliphatic rings. The summed E-state index contributed by atoms with van der Waals surface area (Å²) in [6, 6.07) is 0. The van der Waals surface area contributed by atoms with E-state index in [1.807, 2.05) is 0 Å². The molecule has 0 saturated carbocycles. The Morgan fingerprint density at radius 2 is 2.38 bits per heavy atom. The van der Waals surface area contributed by atoms with Crippen molar-refractivity contribution < 1.29 is 13.9 Å². The van der Waals surface area contributed by atoms with Gasteiger partial charge in [-0.1, -0.05) is 0 Å². The molecule has 0 fully saturated rings. The van der Waals surface area contributed by atoms with Crippen LogP contribution in [0, 0.1) is 0 Å². The molecular formula is C6H14BFN3O2. The van der Waals surface area contributed by atoms with Crippen LogP contribution in [-0.4, -0.2) is 52.3 Å². The van der Waals surface area contributed by atoms with Gasteiger partial charge in [0.05, 0.1) is 6.54 Å². The predicted molar refractivity (Wildman–Crippen MR) is 47.5 cm³/mol. The molecule has 1 amide bonds. The maximum absolute atomic E-state index is 11.3. The topological polar surface area (TPSA) is 53.6 Å². The van der Waals surface area contributed by atoms with Crippen LogP contribution in [0.4, 0.5) is 4.32 Å². The second kappa shape index (κ2) is 7.97. The van der Waals surface area contributed by atoms with E-state index in [0.29, 0.717) is 6.54 Å². The summed E-state index contributed by atoms with van der Waals surface area (Å²) >= 11 is 0. The lowest BCUT2D eigenvalue weighted by molar-refractivity contribution is -0.130. The number of halogens is 1. The van der Waals surface area contributed by atoms with Crippen molar-refractivity contribution in [2.75, 3.05) is 33.7 Å². The molecule has 0 rings (SSSR count). The molecule has 0 saturated heterocycles. The third kappa shape index (κ3) is 6.50. The summed E-state index contributed by atoms with van der Waals surface area (Å²) in [5, 5.41) is 2.91. The first-order valence-electron chi connectivity index (χ1n) is 3.91. The molecule has 0 heterocycles. The van der Waals surface area contributed by atoms with E-state index in [4.69, 9.17) is 0 Å². The lowest BCUT2D eigenvalue weighted by atomic mass is 10.5. The highest BCUT2D eigenvalue weighted by molar-refractivity contribution is 6.16. The Morgan fingerprint density at radius 1 is 1.69 bits per heavy atom. The molecule has 0 bridgehead atoms. The van der Waals surface area contributed by atoms with Crippen molar-refractivity contribution in [3.63, 3.8) is 0 Å². The molecule has 0 spiro atoms. The minimum Gasteiger partial charge on any atom is -0.343 e. The van der Waals surface area contributed by atoms with Gasteiger partial charge in [-0.2, -0.15) is 0 Å². The zero-order chi connectivity index (χ0) is 10.1. The Kier molecular flexibility index (Phi) is 7.57. The van der Waals surface area contributed by atoms with Gasteiger partial charge in [0.25, 0.3) is 0 Å². The van der Waals surface area contributed by atoms with Crippen molar-refractivity contribution in [1.29, 1.82) is 0 Å². The average Bonchev–Trinajstić information content (AvgIpc) is 2.14. The summed E-state index contributed by atoms with van der Waals surface area (Å²) in [5.41, 5.74) is 2.15. The van der Waals surface area contributed by atoms with E-state index in [0.717, 1.165) is 6.54 Å². The Balaban J connectivity index is 3.45. The number of hydroxylamine groups is 1. The molecule has 75 valence electrons. The molecule has 1 radical (unpaired) electrons. The van der Waals surface area contributed by atoms with E-state index >= 15 is 0 Å². The van der Waals surface area contributed by atoms with Crippen molar-refractivity contribution in [2.45, 2.75) is 0 Å². The first kappa shape index (κ1) is 12.3. The minimum atomic E-state index is -0.155. The van der Waals surface area contributed by atoms with Crippen molar-refractivity contribution >= 4 is 13.7 Å². The van der Waals surface area contributed by atoms with E-state index in [-0.39, 0.29) is 20.2 Å². The third-order valence-corrected chi connectivity index (χ3v) is 1.47. The van der Waals surface area contributed by atoms with Gasteiger partial charge in [0.2, 0.25) is 5.91 Å². The van der Waals surface area contributed by atoms with Crippen LogP contribution < -0.4 is 10.8 Å². The molecule has 5 nitrogen and oxygen atoms in total. The van der Waals surface area contributed by atoms with Gasteiger partial charge in [-0.15, -0.1) is 0 Å². The number of nitrogens with one attached hydrogen (secondary N) is 2. The summed E-state index contributed by atoms with van der Waals surface area (Å²) in [5.74, 6) is -0.155. The number of rotatable bonds is 7. The molecule has 7 heteroatoms. The average molecular weight is 190 g/mol. The zero-order valence-corrected chi connectivity index (χ0v) is 7.84. The second-order valence-electron chi connectivity index (χ2n) is 2.45. The number of likely N-dealkylation sites (N-methyl/N-ethyl adjacent to an activating group) is 2. The number of carbonyl (C=O) groups is 1. The quantitative estimate of drug-likeness (QED) is 0.297. The lowest BCUT2D eigenvalue weighted by Crippen LogP contribution is -2.38. The monoisotopic (exact) mass is 190 g/mol. The van der Waals surface area contributed by atoms with Gasteiger partial charge in [0, 0.05) is 20.1 Å². The smallest absolute Gasteiger partial charge is 0.343 e. The van der Waals surface area contributed by atoms with Crippen LogP contribution in [0.25, 0.3) is 0 Å². The standard InChI is InChI=1S/C6H14BFN3O2/c1-9-3-4-11(2)6(12)5-10-13-7-8/h9-10H,3-5H2,1-2H3. The highest BCUT2D eigenvalue weighted by atomic mass is 19.1. The largest absolute Gasteiger partial charge is 0.553 e. The van der Waals surface area contributed by atoms with Crippen molar-refractivity contribution in [3.8, 4) is 0 Å². The van der Waals surface area contributed by atoms with Crippen molar-refractivity contribution in [2.24, 2.45) is 0 Å². The first-order chi connectivity index (χ1) is 6.22. The van der Waals surface area contributed by atoms with Crippen LogP contribution in [0.5, 0.6) is 0 Å². The van der Waals surface area contributed by atoms with E-state index in [2.05, 4.69) is 15.6 Å². The molecular weight excluding hydrogens is 176 g/mol. The van der Waals surface area contributed by atoms with E-state index in [1.165, 1.54) is 4.90 Å². The summed E-state index contributed by atoms with van der Waals surface area (Å²) in [6.07, 6.45) is 0. The fourth-order valence-corrected chi connectivity index (χ4v) is 0.674. The van der Waals surface area contributed by atoms with Gasteiger partial charge in [-0.25, -0.2) is 5.48 Å². The summed E-state index contributed by atoms with van der Waals surface area (Å²) in [4.78, 5) is 12.7. The highest BCUT2D eigenvalue weighted by Crippen LogP contribution is 1.81. The molecule has 0 aromatic rings. The molecule has 0 atom stereocenters. The van der Waals surface area contributed by atoms with Gasteiger partial charge < -0.3 is 15.0 Å². The normalized spacial score (nSPS) is 9.77. The molecule has 0 aliphatic heterocycles. The number of amides is 1. The highest BCUT2D eigenvalue weighted by Gasteiger charge is 2.06. The maximum atomic E-state index is 11.3. The molecule has 2 N–H and O–H groups in total. The summed E-state index contributed by atoms with van der Waals surface area (Å²) in [7, 11) is 3.46. The van der Waals surface area contributed by atoms with Gasteiger partial charge in [0.1, 0.15) is 0 Å². The number of hydrogen-bond acceptors (Lipinski definition) is 4. The Bertz CT molecular complexity index is 150. The summed E-state index contributed by atoms with van der Waals surface area (Å²) in [6.45, 7) is 1.29. The van der Waals surface area contributed by atoms with Crippen LogP contribution in [0.3, 0.4) is 0 Å². The number of carbonyl (C=O) groups excluding carboxylic acids is 1. The SMILES string of the molecule is CNCCN(C)C(=O)CNO[B]F. The van der Waals surface area contributed by atoms with Gasteiger partial charge >= 0.3 is 7.76 Å². The van der Waals surface area contributed by atoms with Crippen LogP contribution in [0.2, 0.25) is 0 Å². The summed E-state index contributed by atoms with van der Waals surface area (Å²) < 4.78 is 15.4. The lowest BCUT2D eigenvalue weighted by Gasteiger charge is -2.16. The zero-order valence-electron chi connectivity index (χ0n) is 7.84. The first-order valence-corrected chi connectivity index (χ1v) is 3.91. The minimum absolute atomic E-state index is 0.0130. The Labute approximate surface area is 77.9 Å².